The number of alkyl halides is 3. The van der Waals surface area contributed by atoms with E-state index in [9.17, 15) is 13.2 Å². The van der Waals surface area contributed by atoms with Crippen LogP contribution in [0.4, 0.5) is 13.2 Å². The zero-order chi connectivity index (χ0) is 13.2. The summed E-state index contributed by atoms with van der Waals surface area (Å²) in [5, 5.41) is 3.12. The van der Waals surface area contributed by atoms with E-state index in [1.165, 1.54) is 0 Å². The number of rotatable bonds is 3. The van der Waals surface area contributed by atoms with Crippen molar-refractivity contribution in [2.45, 2.75) is 31.9 Å². The lowest BCUT2D eigenvalue weighted by molar-refractivity contribution is -0.128. The first-order valence-corrected chi connectivity index (χ1v) is 6.03. The lowest BCUT2D eigenvalue weighted by Crippen LogP contribution is -2.26. The smallest absolute Gasteiger partial charge is 0.319 e. The molecule has 0 radical (unpaired) electrons. The highest BCUT2D eigenvalue weighted by molar-refractivity contribution is 5.21. The summed E-state index contributed by atoms with van der Waals surface area (Å²) in [6, 6.07) is 0. The minimum atomic E-state index is -4.24. The van der Waals surface area contributed by atoms with E-state index in [0.29, 0.717) is 5.92 Å². The summed E-state index contributed by atoms with van der Waals surface area (Å²) in [4.78, 5) is 7.86. The van der Waals surface area contributed by atoms with E-state index in [1.54, 1.807) is 6.20 Å². The van der Waals surface area contributed by atoms with Crippen LogP contribution in [-0.4, -0.2) is 29.7 Å². The van der Waals surface area contributed by atoms with Gasteiger partial charge in [-0.2, -0.15) is 13.2 Å². The van der Waals surface area contributed by atoms with E-state index in [-0.39, 0.29) is 5.82 Å². The molecular weight excluding hydrogens is 243 g/mol. The van der Waals surface area contributed by atoms with E-state index >= 15 is 0 Å². The van der Waals surface area contributed by atoms with Gasteiger partial charge in [0.25, 0.3) is 0 Å². The zero-order valence-corrected chi connectivity index (χ0v) is 10.2. The minimum Gasteiger partial charge on any atom is -0.319 e. The van der Waals surface area contributed by atoms with Gasteiger partial charge in [-0.3, -0.25) is 0 Å². The Morgan fingerprint density at radius 1 is 1.44 bits per heavy atom. The van der Waals surface area contributed by atoms with E-state index in [0.717, 1.165) is 37.1 Å². The van der Waals surface area contributed by atoms with Gasteiger partial charge in [0, 0.05) is 11.9 Å². The van der Waals surface area contributed by atoms with Gasteiger partial charge in [-0.15, -0.1) is 0 Å². The summed E-state index contributed by atoms with van der Waals surface area (Å²) in [6.45, 7) is 0.920. The van der Waals surface area contributed by atoms with Crippen LogP contribution < -0.4 is 5.32 Å². The second kappa shape index (κ2) is 5.22. The Kier molecular flexibility index (Phi) is 3.85. The first kappa shape index (κ1) is 13.3. The van der Waals surface area contributed by atoms with Crippen molar-refractivity contribution < 1.29 is 13.2 Å². The fraction of sp³-hybridized carbons (Fsp3) is 0.667. The Hall–Kier alpha value is -1.17. The van der Waals surface area contributed by atoms with Gasteiger partial charge in [-0.1, -0.05) is 0 Å². The third kappa shape index (κ3) is 3.41. The molecule has 6 heteroatoms. The number of hydrogen-bond acceptors (Lipinski definition) is 3. The molecule has 1 atom stereocenters. The van der Waals surface area contributed by atoms with Crippen LogP contribution in [0.5, 0.6) is 0 Å². The molecule has 0 aromatic carbocycles. The quantitative estimate of drug-likeness (QED) is 0.901. The van der Waals surface area contributed by atoms with Crippen LogP contribution in [-0.2, 0) is 19.3 Å². The van der Waals surface area contributed by atoms with Crippen LogP contribution in [0.1, 0.15) is 23.5 Å². The monoisotopic (exact) mass is 259 g/mol. The van der Waals surface area contributed by atoms with Crippen molar-refractivity contribution in [2.24, 2.45) is 5.92 Å². The van der Waals surface area contributed by atoms with Crippen LogP contribution in [0, 0.1) is 5.92 Å². The average Bonchev–Trinajstić information content (AvgIpc) is 2.27. The number of aromatic nitrogens is 2. The normalized spacial score (nSPS) is 19.7. The van der Waals surface area contributed by atoms with E-state index in [2.05, 4.69) is 15.3 Å². The molecule has 100 valence electrons. The van der Waals surface area contributed by atoms with Crippen LogP contribution in [0.15, 0.2) is 6.20 Å². The summed E-state index contributed by atoms with van der Waals surface area (Å²) in [6.07, 6.45) is -1.16. The fourth-order valence-corrected chi connectivity index (χ4v) is 2.35. The van der Waals surface area contributed by atoms with Gasteiger partial charge in [0.15, 0.2) is 0 Å². The van der Waals surface area contributed by atoms with Crippen molar-refractivity contribution in [3.63, 3.8) is 0 Å². The van der Waals surface area contributed by atoms with Crippen molar-refractivity contribution in [1.82, 2.24) is 15.3 Å². The van der Waals surface area contributed by atoms with E-state index in [1.807, 2.05) is 7.05 Å². The van der Waals surface area contributed by atoms with Crippen LogP contribution in [0.25, 0.3) is 0 Å². The highest BCUT2D eigenvalue weighted by Gasteiger charge is 2.30. The Labute approximate surface area is 104 Å². The van der Waals surface area contributed by atoms with Gasteiger partial charge in [-0.25, -0.2) is 9.97 Å². The van der Waals surface area contributed by atoms with E-state index in [4.69, 9.17) is 0 Å². The predicted molar refractivity (Wildman–Crippen MR) is 61.2 cm³/mol. The second-order valence-electron chi connectivity index (χ2n) is 4.72. The number of hydrogen-bond donors (Lipinski definition) is 1. The summed E-state index contributed by atoms with van der Waals surface area (Å²) in [5.74, 6) is 0.410. The highest BCUT2D eigenvalue weighted by Crippen LogP contribution is 2.25. The summed E-state index contributed by atoms with van der Waals surface area (Å²) >= 11 is 0. The molecule has 0 saturated carbocycles. The Bertz CT molecular complexity index is 418. The average molecular weight is 259 g/mol. The maximum absolute atomic E-state index is 12.2. The second-order valence-corrected chi connectivity index (χ2v) is 4.72. The molecule has 0 bridgehead atoms. The highest BCUT2D eigenvalue weighted by atomic mass is 19.4. The Balaban J connectivity index is 2.10. The third-order valence-electron chi connectivity index (χ3n) is 3.15. The van der Waals surface area contributed by atoms with Gasteiger partial charge in [0.05, 0.1) is 0 Å². The molecule has 0 saturated heterocycles. The molecule has 0 spiro atoms. The minimum absolute atomic E-state index is 0.117. The van der Waals surface area contributed by atoms with Crippen molar-refractivity contribution in [2.75, 3.05) is 13.6 Å². The Morgan fingerprint density at radius 2 is 2.22 bits per heavy atom. The zero-order valence-electron chi connectivity index (χ0n) is 10.2. The van der Waals surface area contributed by atoms with Crippen LogP contribution in [0.3, 0.4) is 0 Å². The molecule has 1 aliphatic rings. The van der Waals surface area contributed by atoms with Crippen LogP contribution in [0.2, 0.25) is 0 Å². The molecule has 1 aromatic heterocycles. The summed E-state index contributed by atoms with van der Waals surface area (Å²) in [5.41, 5.74) is 1.78. The molecule has 1 heterocycles. The Morgan fingerprint density at radius 3 is 2.89 bits per heavy atom. The lowest BCUT2D eigenvalue weighted by atomic mass is 9.87. The van der Waals surface area contributed by atoms with Crippen molar-refractivity contribution in [3.05, 3.63) is 23.3 Å². The summed E-state index contributed by atoms with van der Waals surface area (Å²) < 4.78 is 36.7. The number of halogens is 3. The standard InChI is InChI=1S/C12H16F3N3/c1-16-6-8-2-3-10-9(4-8)7-17-11(18-10)5-12(13,14)15/h7-8,16H,2-6H2,1H3. The molecule has 3 nitrogen and oxygen atoms in total. The maximum Gasteiger partial charge on any atom is 0.396 e. The first-order valence-electron chi connectivity index (χ1n) is 6.03. The summed E-state index contributed by atoms with van der Waals surface area (Å²) in [7, 11) is 1.90. The molecule has 2 rings (SSSR count). The number of nitrogens with one attached hydrogen (secondary N) is 1. The number of aryl methyl sites for hydroxylation is 1. The topological polar surface area (TPSA) is 37.8 Å². The molecule has 0 aliphatic heterocycles. The molecule has 1 N–H and O–H groups in total. The molecule has 1 aliphatic carbocycles. The molecule has 18 heavy (non-hydrogen) atoms. The van der Waals surface area contributed by atoms with Gasteiger partial charge < -0.3 is 5.32 Å². The van der Waals surface area contributed by atoms with Crippen molar-refractivity contribution in [1.29, 1.82) is 0 Å². The number of nitrogens with zero attached hydrogens (tertiary/aromatic N) is 2. The molecule has 0 amide bonds. The molecule has 0 fully saturated rings. The predicted octanol–water partition coefficient (Wildman–Crippen LogP) is 1.91. The fourth-order valence-electron chi connectivity index (χ4n) is 2.35. The van der Waals surface area contributed by atoms with Gasteiger partial charge in [0.2, 0.25) is 0 Å². The van der Waals surface area contributed by atoms with E-state index < -0.39 is 12.6 Å². The van der Waals surface area contributed by atoms with Crippen molar-refractivity contribution in [3.8, 4) is 0 Å². The number of fused-ring (bicyclic) bond motifs is 1. The molecule has 1 unspecified atom stereocenters. The van der Waals surface area contributed by atoms with Gasteiger partial charge in [-0.05, 0) is 44.3 Å². The van der Waals surface area contributed by atoms with Crippen LogP contribution >= 0.6 is 0 Å². The maximum atomic E-state index is 12.2. The SMILES string of the molecule is CNCC1CCc2nc(CC(F)(F)F)ncc2C1. The molecular formula is C12H16F3N3. The van der Waals surface area contributed by atoms with Crippen molar-refractivity contribution >= 4 is 0 Å². The first-order chi connectivity index (χ1) is 8.48. The van der Waals surface area contributed by atoms with Gasteiger partial charge in [0.1, 0.15) is 12.2 Å². The molecule has 1 aromatic rings. The lowest BCUT2D eigenvalue weighted by Gasteiger charge is -2.23. The van der Waals surface area contributed by atoms with Gasteiger partial charge >= 0.3 is 6.18 Å². The largest absolute Gasteiger partial charge is 0.396 e. The third-order valence-corrected chi connectivity index (χ3v) is 3.15.